The van der Waals surface area contributed by atoms with Crippen LogP contribution in [0, 0.1) is 0 Å². The number of methoxy groups -OCH3 is 1. The lowest BCUT2D eigenvalue weighted by Crippen LogP contribution is -2.19. The molecule has 3 nitrogen and oxygen atoms in total. The number of thiazole rings is 1. The Balaban J connectivity index is 2.80. The van der Waals surface area contributed by atoms with E-state index in [9.17, 15) is 0 Å². The van der Waals surface area contributed by atoms with E-state index in [1.165, 1.54) is 22.0 Å². The van der Waals surface area contributed by atoms with Gasteiger partial charge in [-0.2, -0.15) is 0 Å². The summed E-state index contributed by atoms with van der Waals surface area (Å²) in [5, 5.41) is 4.66. The summed E-state index contributed by atoms with van der Waals surface area (Å²) in [4.78, 5) is 6.17. The van der Waals surface area contributed by atoms with E-state index in [0.717, 1.165) is 26.1 Å². The van der Waals surface area contributed by atoms with Gasteiger partial charge >= 0.3 is 0 Å². The van der Waals surface area contributed by atoms with E-state index in [2.05, 4.69) is 33.0 Å². The molecule has 0 aromatic carbocycles. The molecule has 18 heavy (non-hydrogen) atoms. The molecule has 0 fully saturated rings. The van der Waals surface area contributed by atoms with Gasteiger partial charge in [-0.1, -0.05) is 27.7 Å². The molecule has 104 valence electrons. The Kier molecular flexibility index (Phi) is 6.26. The van der Waals surface area contributed by atoms with Crippen LogP contribution in [0.5, 0.6) is 0 Å². The van der Waals surface area contributed by atoms with Crippen LogP contribution < -0.4 is 5.32 Å². The van der Waals surface area contributed by atoms with Gasteiger partial charge in [0.25, 0.3) is 0 Å². The lowest BCUT2D eigenvalue weighted by molar-refractivity contribution is 0.202. The molecule has 0 saturated heterocycles. The van der Waals surface area contributed by atoms with Gasteiger partial charge in [-0.3, -0.25) is 0 Å². The lowest BCUT2D eigenvalue weighted by Gasteiger charge is -2.17. The van der Waals surface area contributed by atoms with E-state index in [4.69, 9.17) is 9.72 Å². The van der Waals surface area contributed by atoms with E-state index in [1.807, 2.05) is 11.3 Å². The third-order valence-corrected chi connectivity index (χ3v) is 3.80. The molecular formula is C14H26N2OS. The number of nitrogens with one attached hydrogen (secondary N) is 1. The minimum atomic E-state index is 0.116. The van der Waals surface area contributed by atoms with Crippen molar-refractivity contribution in [2.45, 2.75) is 52.5 Å². The van der Waals surface area contributed by atoms with Crippen molar-refractivity contribution in [2.24, 2.45) is 0 Å². The first-order valence-electron chi connectivity index (χ1n) is 6.67. The van der Waals surface area contributed by atoms with Crippen molar-refractivity contribution in [3.63, 3.8) is 0 Å². The fourth-order valence-corrected chi connectivity index (χ4v) is 3.01. The molecule has 0 aliphatic heterocycles. The molecule has 0 saturated carbocycles. The first-order valence-corrected chi connectivity index (χ1v) is 7.49. The SMILES string of the molecule is CCCNCc1sc(CCOC)nc1C(C)(C)C. The number of aromatic nitrogens is 1. The third kappa shape index (κ3) is 4.67. The Morgan fingerprint density at radius 3 is 2.61 bits per heavy atom. The second kappa shape index (κ2) is 7.22. The van der Waals surface area contributed by atoms with E-state index in [1.54, 1.807) is 7.11 Å². The van der Waals surface area contributed by atoms with E-state index >= 15 is 0 Å². The first kappa shape index (κ1) is 15.6. The van der Waals surface area contributed by atoms with Crippen molar-refractivity contribution in [3.8, 4) is 0 Å². The van der Waals surface area contributed by atoms with Crippen LogP contribution in [0.1, 0.15) is 49.7 Å². The fourth-order valence-electron chi connectivity index (χ4n) is 1.78. The van der Waals surface area contributed by atoms with Crippen molar-refractivity contribution in [3.05, 3.63) is 15.6 Å². The summed E-state index contributed by atoms with van der Waals surface area (Å²) in [6, 6.07) is 0. The van der Waals surface area contributed by atoms with Gasteiger partial charge in [0, 0.05) is 30.4 Å². The highest BCUT2D eigenvalue weighted by molar-refractivity contribution is 7.11. The summed E-state index contributed by atoms with van der Waals surface area (Å²) in [6.07, 6.45) is 2.08. The molecule has 1 N–H and O–H groups in total. The lowest BCUT2D eigenvalue weighted by atomic mass is 9.91. The average molecular weight is 270 g/mol. The Bertz CT molecular complexity index is 355. The minimum absolute atomic E-state index is 0.116. The summed E-state index contributed by atoms with van der Waals surface area (Å²) in [5.41, 5.74) is 1.35. The standard InChI is InChI=1S/C14H26N2OS/c1-6-8-15-10-11-13(14(2,3)4)16-12(18-11)7-9-17-5/h15H,6-10H2,1-5H3. The van der Waals surface area contributed by atoms with Crippen LogP contribution in [0.25, 0.3) is 0 Å². The van der Waals surface area contributed by atoms with E-state index < -0.39 is 0 Å². The van der Waals surface area contributed by atoms with Crippen molar-refractivity contribution in [1.82, 2.24) is 10.3 Å². The highest BCUT2D eigenvalue weighted by Crippen LogP contribution is 2.29. The Hall–Kier alpha value is -0.450. The highest BCUT2D eigenvalue weighted by Gasteiger charge is 2.22. The van der Waals surface area contributed by atoms with Crippen LogP contribution in [0.15, 0.2) is 0 Å². The molecule has 0 bridgehead atoms. The molecule has 4 heteroatoms. The zero-order valence-corrected chi connectivity index (χ0v) is 13.1. The fraction of sp³-hybridized carbons (Fsp3) is 0.786. The maximum absolute atomic E-state index is 5.13. The quantitative estimate of drug-likeness (QED) is 0.773. The molecule has 0 aliphatic rings. The largest absolute Gasteiger partial charge is 0.384 e. The van der Waals surface area contributed by atoms with Crippen LogP contribution in [0.4, 0.5) is 0 Å². The number of nitrogens with zero attached hydrogens (tertiary/aromatic N) is 1. The van der Waals surface area contributed by atoms with E-state index in [0.29, 0.717) is 0 Å². The van der Waals surface area contributed by atoms with E-state index in [-0.39, 0.29) is 5.41 Å². The summed E-state index contributed by atoms with van der Waals surface area (Å²) < 4.78 is 5.13. The van der Waals surface area contributed by atoms with Crippen LogP contribution in [-0.2, 0) is 23.1 Å². The monoisotopic (exact) mass is 270 g/mol. The summed E-state index contributed by atoms with van der Waals surface area (Å²) in [5.74, 6) is 0. The molecule has 0 aliphatic carbocycles. The topological polar surface area (TPSA) is 34.1 Å². The molecule has 1 aromatic heterocycles. The van der Waals surface area contributed by atoms with Gasteiger partial charge < -0.3 is 10.1 Å². The highest BCUT2D eigenvalue weighted by atomic mass is 32.1. The predicted molar refractivity (Wildman–Crippen MR) is 78.4 cm³/mol. The number of hydrogen-bond acceptors (Lipinski definition) is 4. The number of hydrogen-bond donors (Lipinski definition) is 1. The molecule has 0 amide bonds. The van der Waals surface area contributed by atoms with Crippen molar-refractivity contribution >= 4 is 11.3 Å². The zero-order chi connectivity index (χ0) is 13.6. The second-order valence-electron chi connectivity index (χ2n) is 5.55. The minimum Gasteiger partial charge on any atom is -0.384 e. The van der Waals surface area contributed by atoms with Gasteiger partial charge in [0.05, 0.1) is 17.3 Å². The molecular weight excluding hydrogens is 244 g/mol. The maximum atomic E-state index is 5.13. The van der Waals surface area contributed by atoms with Crippen LogP contribution in [-0.4, -0.2) is 25.2 Å². The summed E-state index contributed by atoms with van der Waals surface area (Å²) in [6.45, 7) is 11.6. The van der Waals surface area contributed by atoms with Gasteiger partial charge in [0.2, 0.25) is 0 Å². The first-order chi connectivity index (χ1) is 8.49. The van der Waals surface area contributed by atoms with Crippen LogP contribution in [0.3, 0.4) is 0 Å². The molecule has 0 unspecified atom stereocenters. The van der Waals surface area contributed by atoms with Crippen molar-refractivity contribution < 1.29 is 4.74 Å². The summed E-state index contributed by atoms with van der Waals surface area (Å²) in [7, 11) is 1.74. The molecule has 0 spiro atoms. The predicted octanol–water partition coefficient (Wildman–Crippen LogP) is 3.13. The smallest absolute Gasteiger partial charge is 0.0954 e. The van der Waals surface area contributed by atoms with Crippen molar-refractivity contribution in [1.29, 1.82) is 0 Å². The molecule has 0 atom stereocenters. The van der Waals surface area contributed by atoms with Gasteiger partial charge in [-0.05, 0) is 13.0 Å². The van der Waals surface area contributed by atoms with Gasteiger partial charge in [0.1, 0.15) is 0 Å². The normalized spacial score (nSPS) is 12.1. The summed E-state index contributed by atoms with van der Waals surface area (Å²) >= 11 is 1.82. The Labute approximate surface area is 115 Å². The molecule has 0 radical (unpaired) electrons. The Morgan fingerprint density at radius 2 is 2.06 bits per heavy atom. The molecule has 1 heterocycles. The average Bonchev–Trinajstić information content (AvgIpc) is 2.70. The van der Waals surface area contributed by atoms with Crippen molar-refractivity contribution in [2.75, 3.05) is 20.3 Å². The third-order valence-electron chi connectivity index (χ3n) is 2.68. The van der Waals surface area contributed by atoms with Crippen LogP contribution in [0.2, 0.25) is 0 Å². The number of rotatable bonds is 7. The van der Waals surface area contributed by atoms with Crippen LogP contribution >= 0.6 is 11.3 Å². The molecule has 1 rings (SSSR count). The second-order valence-corrected chi connectivity index (χ2v) is 6.72. The Morgan fingerprint density at radius 1 is 1.33 bits per heavy atom. The molecule has 1 aromatic rings. The zero-order valence-electron chi connectivity index (χ0n) is 12.3. The maximum Gasteiger partial charge on any atom is 0.0954 e. The van der Waals surface area contributed by atoms with Gasteiger partial charge in [-0.15, -0.1) is 11.3 Å². The van der Waals surface area contributed by atoms with Gasteiger partial charge in [-0.25, -0.2) is 4.98 Å². The van der Waals surface area contributed by atoms with Gasteiger partial charge in [0.15, 0.2) is 0 Å². The number of ether oxygens (including phenoxy) is 1.